The van der Waals surface area contributed by atoms with Crippen molar-refractivity contribution in [2.24, 2.45) is 0 Å². The lowest BCUT2D eigenvalue weighted by Gasteiger charge is -2.32. The molecule has 0 fully saturated rings. The normalized spacial score (nSPS) is 15.2. The Hall–Kier alpha value is -5.18. The molecule has 0 saturated heterocycles. The molecule has 8 heteroatoms. The zero-order valence-electron chi connectivity index (χ0n) is 26.5. The van der Waals surface area contributed by atoms with Crippen molar-refractivity contribution < 1.29 is 38.3 Å². The van der Waals surface area contributed by atoms with Gasteiger partial charge in [-0.05, 0) is 28.8 Å². The molecule has 0 bridgehead atoms. The van der Waals surface area contributed by atoms with E-state index in [-0.39, 0.29) is 6.79 Å². The predicted octanol–water partition coefficient (Wildman–Crippen LogP) is 7.45. The molecule has 5 aromatic rings. The topological polar surface area (TPSA) is 84.8 Å². The summed E-state index contributed by atoms with van der Waals surface area (Å²) in [5, 5.41) is 11.5. The number of ether oxygens (including phenoxy) is 7. The summed E-state index contributed by atoms with van der Waals surface area (Å²) in [6, 6.07) is 37.0. The highest BCUT2D eigenvalue weighted by atomic mass is 16.7. The summed E-state index contributed by atoms with van der Waals surface area (Å²) in [4.78, 5) is 0. The molecule has 6 rings (SSSR count). The van der Waals surface area contributed by atoms with Crippen molar-refractivity contribution >= 4 is 0 Å². The predicted molar refractivity (Wildman–Crippen MR) is 177 cm³/mol. The van der Waals surface area contributed by atoms with Crippen LogP contribution in [-0.2, 0) is 31.0 Å². The van der Waals surface area contributed by atoms with Crippen molar-refractivity contribution in [3.8, 4) is 34.5 Å². The van der Waals surface area contributed by atoms with E-state index < -0.39 is 12.2 Å². The quantitative estimate of drug-likeness (QED) is 0.126. The highest BCUT2D eigenvalue weighted by molar-refractivity contribution is 5.57. The zero-order valence-corrected chi connectivity index (χ0v) is 26.5. The van der Waals surface area contributed by atoms with Crippen LogP contribution in [0.3, 0.4) is 0 Å². The number of fused-ring (bicyclic) bond motifs is 1. The number of aliphatic hydroxyl groups excluding tert-OH is 1. The molecule has 47 heavy (non-hydrogen) atoms. The molecule has 0 amide bonds. The van der Waals surface area contributed by atoms with E-state index >= 15 is 0 Å². The van der Waals surface area contributed by atoms with Crippen LogP contribution >= 0.6 is 0 Å². The van der Waals surface area contributed by atoms with Crippen molar-refractivity contribution in [1.29, 1.82) is 0 Å². The van der Waals surface area contributed by atoms with E-state index in [1.54, 1.807) is 26.4 Å². The Kier molecular flexibility index (Phi) is 10.4. The van der Waals surface area contributed by atoms with Gasteiger partial charge in [0.05, 0.1) is 13.2 Å². The van der Waals surface area contributed by atoms with Crippen LogP contribution in [0.2, 0.25) is 0 Å². The lowest BCUT2D eigenvalue weighted by atomic mass is 9.93. The molecular weight excluding hydrogens is 596 g/mol. The molecule has 1 heterocycles. The van der Waals surface area contributed by atoms with E-state index in [4.69, 9.17) is 33.2 Å². The Labute approximate surface area is 275 Å². The smallest absolute Gasteiger partial charge is 0.203 e. The lowest BCUT2D eigenvalue weighted by Crippen LogP contribution is -2.30. The molecule has 0 saturated carbocycles. The van der Waals surface area contributed by atoms with Gasteiger partial charge in [-0.2, -0.15) is 0 Å². The van der Waals surface area contributed by atoms with Gasteiger partial charge in [0.2, 0.25) is 5.75 Å². The molecule has 2 unspecified atom stereocenters. The summed E-state index contributed by atoms with van der Waals surface area (Å²) < 4.78 is 42.2. The third-order valence-electron chi connectivity index (χ3n) is 7.79. The van der Waals surface area contributed by atoms with Crippen molar-refractivity contribution in [1.82, 2.24) is 0 Å². The van der Waals surface area contributed by atoms with E-state index in [2.05, 4.69) is 0 Å². The van der Waals surface area contributed by atoms with E-state index in [9.17, 15) is 5.11 Å². The van der Waals surface area contributed by atoms with Gasteiger partial charge < -0.3 is 38.3 Å². The van der Waals surface area contributed by atoms with Crippen molar-refractivity contribution in [3.05, 3.63) is 143 Å². The van der Waals surface area contributed by atoms with Crippen LogP contribution in [0.4, 0.5) is 0 Å². The fourth-order valence-corrected chi connectivity index (χ4v) is 5.43. The first-order valence-electron chi connectivity index (χ1n) is 15.5. The second kappa shape index (κ2) is 15.4. The first-order chi connectivity index (χ1) is 23.1. The molecule has 5 aromatic carbocycles. The van der Waals surface area contributed by atoms with Gasteiger partial charge in [0, 0.05) is 36.8 Å². The van der Waals surface area contributed by atoms with Crippen molar-refractivity contribution in [2.75, 3.05) is 21.0 Å². The van der Waals surface area contributed by atoms with Crippen molar-refractivity contribution in [3.63, 3.8) is 0 Å². The summed E-state index contributed by atoms with van der Waals surface area (Å²) >= 11 is 0. The van der Waals surface area contributed by atoms with E-state index in [0.29, 0.717) is 66.3 Å². The maximum atomic E-state index is 11.5. The fourth-order valence-electron chi connectivity index (χ4n) is 5.43. The number of aliphatic hydroxyl groups is 1. The minimum absolute atomic E-state index is 0.0721. The number of hydrogen-bond donors (Lipinski definition) is 1. The highest BCUT2D eigenvalue weighted by Crippen LogP contribution is 2.47. The summed E-state index contributed by atoms with van der Waals surface area (Å²) in [6.45, 7) is 0.989. The Morgan fingerprint density at radius 1 is 0.638 bits per heavy atom. The van der Waals surface area contributed by atoms with Crippen LogP contribution < -0.4 is 28.4 Å². The Morgan fingerprint density at radius 2 is 1.17 bits per heavy atom. The van der Waals surface area contributed by atoms with Gasteiger partial charge in [0.15, 0.2) is 24.4 Å². The molecule has 0 spiro atoms. The van der Waals surface area contributed by atoms with E-state index in [1.165, 1.54) is 0 Å². The molecule has 0 radical (unpaired) electrons. The van der Waals surface area contributed by atoms with Gasteiger partial charge >= 0.3 is 0 Å². The van der Waals surface area contributed by atoms with E-state index in [1.807, 2.05) is 103 Å². The first-order valence-corrected chi connectivity index (χ1v) is 15.5. The average molecular weight is 635 g/mol. The summed E-state index contributed by atoms with van der Waals surface area (Å²) in [7, 11) is 3.13. The van der Waals surface area contributed by atoms with Gasteiger partial charge in [-0.25, -0.2) is 0 Å². The number of benzene rings is 5. The van der Waals surface area contributed by atoms with Crippen LogP contribution in [0.25, 0.3) is 0 Å². The molecule has 1 N–H and O–H groups in total. The van der Waals surface area contributed by atoms with Crippen LogP contribution in [0.15, 0.2) is 115 Å². The molecule has 0 aromatic heterocycles. The third-order valence-corrected chi connectivity index (χ3v) is 7.79. The lowest BCUT2D eigenvalue weighted by molar-refractivity contribution is 0.0184. The number of methoxy groups -OCH3 is 2. The Bertz CT molecular complexity index is 1660. The fraction of sp³-hybridized carbons (Fsp3) is 0.231. The second-order valence-electron chi connectivity index (χ2n) is 11.1. The molecule has 1 aliphatic rings. The standard InChI is InChI=1S/C39H38O8/c1-41-26-46-31-20-34(42-2)32-22-33(40)38(47-35(32)21-31)30-18-36(43-23-27-12-6-3-7-13-27)39(45-25-29-16-10-5-11-17-29)37(19-30)44-24-28-14-8-4-9-15-28/h3-21,33,38,40H,22-26H2,1-2H3. The zero-order chi connectivity index (χ0) is 32.4. The minimum Gasteiger partial charge on any atom is -0.496 e. The van der Waals surface area contributed by atoms with Crippen LogP contribution in [0, 0.1) is 0 Å². The largest absolute Gasteiger partial charge is 0.496 e. The van der Waals surface area contributed by atoms with Crippen LogP contribution in [0.5, 0.6) is 34.5 Å². The monoisotopic (exact) mass is 634 g/mol. The van der Waals surface area contributed by atoms with Gasteiger partial charge in [-0.3, -0.25) is 0 Å². The highest BCUT2D eigenvalue weighted by Gasteiger charge is 2.34. The van der Waals surface area contributed by atoms with Crippen LogP contribution in [0.1, 0.15) is 33.9 Å². The summed E-state index contributed by atoms with van der Waals surface area (Å²) in [5.41, 5.74) is 4.42. The number of hydrogen-bond acceptors (Lipinski definition) is 8. The molecule has 8 nitrogen and oxygen atoms in total. The third kappa shape index (κ3) is 7.98. The second-order valence-corrected chi connectivity index (χ2v) is 11.1. The first kappa shape index (κ1) is 31.8. The minimum atomic E-state index is -0.887. The molecule has 242 valence electrons. The SMILES string of the molecule is COCOc1cc(OC)c2c(c1)OC(c1cc(OCc3ccccc3)c(OCc3ccccc3)c(OCc3ccccc3)c1)C(O)C2. The molecular formula is C39H38O8. The van der Waals surface area contributed by atoms with Gasteiger partial charge in [0.25, 0.3) is 0 Å². The van der Waals surface area contributed by atoms with Gasteiger partial charge in [-0.1, -0.05) is 91.0 Å². The van der Waals surface area contributed by atoms with E-state index in [0.717, 1.165) is 22.3 Å². The van der Waals surface area contributed by atoms with Gasteiger partial charge in [-0.15, -0.1) is 0 Å². The maximum Gasteiger partial charge on any atom is 0.203 e. The Morgan fingerprint density at radius 3 is 1.68 bits per heavy atom. The van der Waals surface area contributed by atoms with Crippen molar-refractivity contribution in [2.45, 2.75) is 38.4 Å². The summed E-state index contributed by atoms with van der Waals surface area (Å²) in [6.07, 6.45) is -1.33. The molecule has 2 atom stereocenters. The number of rotatable bonds is 14. The average Bonchev–Trinajstić information content (AvgIpc) is 3.12. The molecule has 1 aliphatic heterocycles. The summed E-state index contributed by atoms with van der Waals surface area (Å²) in [5.74, 6) is 3.06. The molecule has 0 aliphatic carbocycles. The van der Waals surface area contributed by atoms with Gasteiger partial charge in [0.1, 0.15) is 37.1 Å². The Balaban J connectivity index is 1.39. The van der Waals surface area contributed by atoms with Crippen LogP contribution in [-0.4, -0.2) is 32.2 Å². The maximum absolute atomic E-state index is 11.5.